The van der Waals surface area contributed by atoms with Crippen molar-refractivity contribution in [1.82, 2.24) is 9.88 Å². The summed E-state index contributed by atoms with van der Waals surface area (Å²) >= 11 is 0. The zero-order valence-electron chi connectivity index (χ0n) is 15.1. The van der Waals surface area contributed by atoms with Crippen LogP contribution in [0.15, 0.2) is 47.4 Å². The number of nitrogens with one attached hydrogen (secondary N) is 1. The molecule has 1 aliphatic carbocycles. The summed E-state index contributed by atoms with van der Waals surface area (Å²) in [4.78, 5) is 23.3. The first-order chi connectivity index (χ1) is 11.7. The predicted octanol–water partition coefficient (Wildman–Crippen LogP) is 3.43. The lowest BCUT2D eigenvalue weighted by Crippen LogP contribution is -2.41. The number of hydrogen-bond acceptors (Lipinski definition) is 3. The summed E-state index contributed by atoms with van der Waals surface area (Å²) in [6.07, 6.45) is 2.28. The fourth-order valence-corrected chi connectivity index (χ4v) is 2.81. The number of hydrogen-bond donors (Lipinski definition) is 1. The molecule has 132 valence electrons. The predicted molar refractivity (Wildman–Crippen MR) is 97.6 cm³/mol. The van der Waals surface area contributed by atoms with Crippen molar-refractivity contribution in [3.05, 3.63) is 58.5 Å². The normalized spacial score (nSPS) is 19.4. The van der Waals surface area contributed by atoms with Gasteiger partial charge in [0.25, 0.3) is 0 Å². The Bertz CT molecular complexity index is 831. The van der Waals surface area contributed by atoms with Gasteiger partial charge in [-0.25, -0.2) is 4.79 Å². The molecule has 1 saturated carbocycles. The van der Waals surface area contributed by atoms with E-state index < -0.39 is 0 Å². The molecule has 3 rings (SSSR count). The van der Waals surface area contributed by atoms with E-state index in [9.17, 15) is 9.59 Å². The fourth-order valence-electron chi connectivity index (χ4n) is 2.81. The number of benzene rings is 1. The van der Waals surface area contributed by atoms with Gasteiger partial charge in [0.2, 0.25) is 5.56 Å². The van der Waals surface area contributed by atoms with Gasteiger partial charge >= 0.3 is 6.09 Å². The zero-order valence-corrected chi connectivity index (χ0v) is 15.1. The third-order valence-corrected chi connectivity index (χ3v) is 4.23. The van der Waals surface area contributed by atoms with Crippen LogP contribution in [0, 0.1) is 0 Å². The molecule has 0 saturated heterocycles. The molecule has 2 atom stereocenters. The average molecular weight is 340 g/mol. The number of amides is 1. The summed E-state index contributed by atoms with van der Waals surface area (Å²) in [7, 11) is 1.75. The van der Waals surface area contributed by atoms with Gasteiger partial charge in [-0.05, 0) is 49.9 Å². The molecule has 1 fully saturated rings. The van der Waals surface area contributed by atoms with Gasteiger partial charge < -0.3 is 14.6 Å². The SMILES string of the molecule is Cn1cc(-c2ccc(C3CC3OC(=O)NC(C)(C)C)cc2)ccc1=O. The monoisotopic (exact) mass is 340 g/mol. The molecule has 25 heavy (non-hydrogen) atoms. The Morgan fingerprint density at radius 3 is 2.36 bits per heavy atom. The van der Waals surface area contributed by atoms with E-state index in [2.05, 4.69) is 17.4 Å². The van der Waals surface area contributed by atoms with Crippen molar-refractivity contribution >= 4 is 6.09 Å². The molecule has 0 bridgehead atoms. The van der Waals surface area contributed by atoms with Gasteiger partial charge in [-0.2, -0.15) is 0 Å². The van der Waals surface area contributed by atoms with E-state index >= 15 is 0 Å². The molecule has 2 aromatic rings. The highest BCUT2D eigenvalue weighted by Gasteiger charge is 2.42. The Morgan fingerprint density at radius 2 is 1.76 bits per heavy atom. The third-order valence-electron chi connectivity index (χ3n) is 4.23. The van der Waals surface area contributed by atoms with Crippen molar-refractivity contribution in [3.63, 3.8) is 0 Å². The number of rotatable bonds is 3. The van der Waals surface area contributed by atoms with Gasteiger partial charge in [0.15, 0.2) is 0 Å². The lowest BCUT2D eigenvalue weighted by Gasteiger charge is -2.20. The van der Waals surface area contributed by atoms with Crippen LogP contribution >= 0.6 is 0 Å². The molecule has 1 aliphatic rings. The number of carbonyl (C=O) groups excluding carboxylic acids is 1. The van der Waals surface area contributed by atoms with Crippen LogP contribution in [-0.4, -0.2) is 22.3 Å². The fraction of sp³-hybridized carbons (Fsp3) is 0.400. The number of alkyl carbamates (subject to hydrolysis) is 1. The summed E-state index contributed by atoms with van der Waals surface area (Å²) in [5, 5.41) is 2.81. The second-order valence-corrected chi connectivity index (χ2v) is 7.65. The Hall–Kier alpha value is -2.56. The highest BCUT2D eigenvalue weighted by atomic mass is 16.6. The van der Waals surface area contributed by atoms with E-state index in [0.717, 1.165) is 17.5 Å². The standard InChI is InChI=1S/C20H24N2O3/c1-20(2,3)21-19(24)25-17-11-16(17)14-7-5-13(6-8-14)15-9-10-18(23)22(4)12-15/h5-10,12,16-17H,11H2,1-4H3,(H,21,24). The third kappa shape index (κ3) is 4.29. The molecule has 2 unspecified atom stereocenters. The first kappa shape index (κ1) is 17.3. The Morgan fingerprint density at radius 1 is 1.12 bits per heavy atom. The van der Waals surface area contributed by atoms with E-state index in [0.29, 0.717) is 0 Å². The smallest absolute Gasteiger partial charge is 0.407 e. The molecule has 0 aliphatic heterocycles. The van der Waals surface area contributed by atoms with Crippen LogP contribution in [0.2, 0.25) is 0 Å². The summed E-state index contributed by atoms with van der Waals surface area (Å²) in [6.45, 7) is 5.78. The Labute approximate surface area is 147 Å². The summed E-state index contributed by atoms with van der Waals surface area (Å²) in [5.74, 6) is 0.264. The maximum absolute atomic E-state index is 11.8. The van der Waals surface area contributed by atoms with E-state index in [1.165, 1.54) is 5.56 Å². The summed E-state index contributed by atoms with van der Waals surface area (Å²) in [5.41, 5.74) is 2.91. The number of nitrogens with zero attached hydrogens (tertiary/aromatic N) is 1. The van der Waals surface area contributed by atoms with Gasteiger partial charge in [0, 0.05) is 30.8 Å². The van der Waals surface area contributed by atoms with E-state index in [1.54, 1.807) is 17.7 Å². The van der Waals surface area contributed by atoms with Crippen LogP contribution in [0.5, 0.6) is 0 Å². The first-order valence-corrected chi connectivity index (χ1v) is 8.49. The van der Waals surface area contributed by atoms with Gasteiger partial charge in [-0.3, -0.25) is 4.79 Å². The van der Waals surface area contributed by atoms with Gasteiger partial charge in [0.1, 0.15) is 6.10 Å². The Balaban J connectivity index is 1.63. The lowest BCUT2D eigenvalue weighted by atomic mass is 10.0. The average Bonchev–Trinajstić information content (AvgIpc) is 3.27. The summed E-state index contributed by atoms with van der Waals surface area (Å²) in [6, 6.07) is 11.6. The van der Waals surface area contributed by atoms with Gasteiger partial charge in [-0.1, -0.05) is 24.3 Å². The van der Waals surface area contributed by atoms with Crippen molar-refractivity contribution in [2.75, 3.05) is 0 Å². The van der Waals surface area contributed by atoms with Crippen molar-refractivity contribution < 1.29 is 9.53 Å². The largest absolute Gasteiger partial charge is 0.446 e. The van der Waals surface area contributed by atoms with Crippen LogP contribution in [0.4, 0.5) is 4.79 Å². The van der Waals surface area contributed by atoms with Crippen LogP contribution in [0.3, 0.4) is 0 Å². The number of carbonyl (C=O) groups is 1. The molecule has 5 heteroatoms. The van der Waals surface area contributed by atoms with Crippen molar-refractivity contribution in [2.45, 2.75) is 44.8 Å². The minimum Gasteiger partial charge on any atom is -0.446 e. The molecule has 1 N–H and O–H groups in total. The van der Waals surface area contributed by atoms with E-state index in [1.807, 2.05) is 45.2 Å². The minimum absolute atomic E-state index is 0.0214. The molecule has 0 spiro atoms. The molecular formula is C20H24N2O3. The quantitative estimate of drug-likeness (QED) is 0.931. The van der Waals surface area contributed by atoms with Gasteiger partial charge in [0.05, 0.1) is 0 Å². The molecule has 1 amide bonds. The number of aryl methyl sites for hydroxylation is 1. The van der Waals surface area contributed by atoms with Crippen LogP contribution < -0.4 is 10.9 Å². The van der Waals surface area contributed by atoms with E-state index in [4.69, 9.17) is 4.74 Å². The zero-order chi connectivity index (χ0) is 18.2. The van der Waals surface area contributed by atoms with Crippen LogP contribution in [0.25, 0.3) is 11.1 Å². The van der Waals surface area contributed by atoms with Gasteiger partial charge in [-0.15, -0.1) is 0 Å². The highest BCUT2D eigenvalue weighted by molar-refractivity contribution is 5.69. The molecule has 5 nitrogen and oxygen atoms in total. The van der Waals surface area contributed by atoms with Crippen molar-refractivity contribution in [2.24, 2.45) is 7.05 Å². The molecule has 1 aromatic heterocycles. The second kappa shape index (κ2) is 6.39. The lowest BCUT2D eigenvalue weighted by molar-refractivity contribution is 0.128. The second-order valence-electron chi connectivity index (χ2n) is 7.65. The molecule has 0 radical (unpaired) electrons. The highest BCUT2D eigenvalue weighted by Crippen LogP contribution is 2.43. The number of pyridine rings is 1. The van der Waals surface area contributed by atoms with Crippen LogP contribution in [0.1, 0.15) is 38.7 Å². The van der Waals surface area contributed by atoms with Crippen molar-refractivity contribution in [1.29, 1.82) is 0 Å². The van der Waals surface area contributed by atoms with Crippen molar-refractivity contribution in [3.8, 4) is 11.1 Å². The maximum atomic E-state index is 11.8. The first-order valence-electron chi connectivity index (χ1n) is 8.49. The summed E-state index contributed by atoms with van der Waals surface area (Å²) < 4.78 is 7.03. The maximum Gasteiger partial charge on any atom is 0.407 e. The Kier molecular flexibility index (Phi) is 4.41. The molecule has 1 aromatic carbocycles. The van der Waals surface area contributed by atoms with E-state index in [-0.39, 0.29) is 29.2 Å². The molecular weight excluding hydrogens is 316 g/mol. The van der Waals surface area contributed by atoms with Crippen LogP contribution in [-0.2, 0) is 11.8 Å². The topological polar surface area (TPSA) is 60.3 Å². The minimum atomic E-state index is -0.359. The number of aromatic nitrogens is 1. The molecule has 1 heterocycles. The number of ether oxygens (including phenoxy) is 1.